The van der Waals surface area contributed by atoms with Gasteiger partial charge in [-0.2, -0.15) is 8.42 Å². The molecule has 0 aliphatic heterocycles. The smallest absolute Gasteiger partial charge is 0.404 e. The van der Waals surface area contributed by atoms with Gasteiger partial charge in [0.15, 0.2) is 0 Å². The minimum atomic E-state index is -5.02. The molecule has 12 nitrogen and oxygen atoms in total. The molecule has 0 saturated heterocycles. The number of anilines is 1. The number of hydrogen-bond donors (Lipinski definition) is 6. The Kier molecular flexibility index (Phi) is 6.66. The van der Waals surface area contributed by atoms with Crippen LogP contribution in [0.3, 0.4) is 0 Å². The van der Waals surface area contributed by atoms with Crippen LogP contribution in [0.2, 0.25) is 0 Å². The van der Waals surface area contributed by atoms with Crippen molar-refractivity contribution in [2.24, 2.45) is 0 Å². The molecule has 0 heterocycles. The van der Waals surface area contributed by atoms with E-state index >= 15 is 0 Å². The van der Waals surface area contributed by atoms with Crippen molar-refractivity contribution in [3.8, 4) is 11.5 Å². The van der Waals surface area contributed by atoms with Crippen LogP contribution in [0.1, 0.15) is 5.56 Å². The van der Waals surface area contributed by atoms with Crippen molar-refractivity contribution in [2.75, 3.05) is 5.32 Å². The molecule has 172 valence electrons. The minimum Gasteiger partial charge on any atom is -0.404 e. The molecule has 3 rings (SSSR count). The third-order valence-corrected chi connectivity index (χ3v) is 5.90. The van der Waals surface area contributed by atoms with E-state index in [0.717, 1.165) is 6.07 Å². The summed E-state index contributed by atoms with van der Waals surface area (Å²) < 4.78 is 64.0. The fraction of sp³-hybridized carbons (Fsp3) is 0.0588. The summed E-state index contributed by atoms with van der Waals surface area (Å²) in [6.45, 7) is -0.0826. The maximum absolute atomic E-state index is 11.6. The molecule has 0 atom stereocenters. The quantitative estimate of drug-likeness (QED) is 0.193. The standard InChI is InChI=1S/C17H17NO11P2S/c19-30(20,21)28-12-8-7-11(16(9-12)29-31(22,23)24)10-18-15-5-1-4-14-13(15)3-2-6-17(14)32(25,26)27/h1-9,18H,10H2,(H2,19,20,21)(H2,22,23,24)(H,25,26,27). The highest BCUT2D eigenvalue weighted by atomic mass is 32.2. The van der Waals surface area contributed by atoms with Gasteiger partial charge in [0.05, 0.1) is 0 Å². The van der Waals surface area contributed by atoms with Gasteiger partial charge in [-0.15, -0.1) is 0 Å². The highest BCUT2D eigenvalue weighted by Gasteiger charge is 2.22. The van der Waals surface area contributed by atoms with Gasteiger partial charge in [0.25, 0.3) is 10.1 Å². The van der Waals surface area contributed by atoms with E-state index < -0.39 is 31.5 Å². The van der Waals surface area contributed by atoms with E-state index in [1.54, 1.807) is 18.2 Å². The second-order valence-electron chi connectivity index (χ2n) is 6.42. The number of phosphoric ester groups is 2. The average Bonchev–Trinajstić information content (AvgIpc) is 2.63. The maximum atomic E-state index is 11.6. The van der Waals surface area contributed by atoms with Crippen LogP contribution in [0, 0.1) is 0 Å². The average molecular weight is 505 g/mol. The van der Waals surface area contributed by atoms with Gasteiger partial charge in [-0.25, -0.2) is 9.13 Å². The van der Waals surface area contributed by atoms with Crippen molar-refractivity contribution >= 4 is 42.2 Å². The molecule has 0 aliphatic carbocycles. The van der Waals surface area contributed by atoms with Crippen molar-refractivity contribution in [2.45, 2.75) is 11.4 Å². The van der Waals surface area contributed by atoms with Gasteiger partial charge in [0.1, 0.15) is 16.4 Å². The summed E-state index contributed by atoms with van der Waals surface area (Å²) in [4.78, 5) is 35.8. The molecule has 0 saturated carbocycles. The largest absolute Gasteiger partial charge is 0.524 e. The molecule has 3 aromatic carbocycles. The normalized spacial score (nSPS) is 12.5. The Morgan fingerprint density at radius 1 is 0.844 bits per heavy atom. The van der Waals surface area contributed by atoms with Crippen molar-refractivity contribution in [1.29, 1.82) is 0 Å². The van der Waals surface area contributed by atoms with Crippen LogP contribution in [0.5, 0.6) is 11.5 Å². The molecule has 6 N–H and O–H groups in total. The highest BCUT2D eigenvalue weighted by molar-refractivity contribution is 7.86. The lowest BCUT2D eigenvalue weighted by molar-refractivity contribution is 0.279. The zero-order chi connectivity index (χ0) is 23.7. The van der Waals surface area contributed by atoms with E-state index in [1.165, 1.54) is 30.3 Å². The fourth-order valence-corrected chi connectivity index (χ4v) is 4.46. The van der Waals surface area contributed by atoms with E-state index in [9.17, 15) is 22.1 Å². The molecule has 32 heavy (non-hydrogen) atoms. The first-order valence-electron chi connectivity index (χ1n) is 8.59. The Morgan fingerprint density at radius 3 is 2.09 bits per heavy atom. The van der Waals surface area contributed by atoms with Crippen LogP contribution in [0.25, 0.3) is 10.8 Å². The first kappa shape index (κ1) is 24.2. The van der Waals surface area contributed by atoms with Crippen LogP contribution < -0.4 is 14.4 Å². The number of hydrogen-bond acceptors (Lipinski definition) is 7. The van der Waals surface area contributed by atoms with Crippen LogP contribution >= 0.6 is 15.6 Å². The summed E-state index contributed by atoms with van der Waals surface area (Å²) in [5.41, 5.74) is 0.625. The van der Waals surface area contributed by atoms with Gasteiger partial charge >= 0.3 is 15.6 Å². The summed E-state index contributed by atoms with van der Waals surface area (Å²) in [5, 5.41) is 3.67. The van der Waals surface area contributed by atoms with Crippen molar-refractivity contribution < 1.29 is 50.7 Å². The number of rotatable bonds is 8. The molecule has 0 amide bonds. The third kappa shape index (κ3) is 6.28. The van der Waals surface area contributed by atoms with Crippen LogP contribution in [0.4, 0.5) is 5.69 Å². The van der Waals surface area contributed by atoms with Crippen molar-refractivity contribution in [3.63, 3.8) is 0 Å². The van der Waals surface area contributed by atoms with Gasteiger partial charge in [-0.1, -0.05) is 24.3 Å². The van der Waals surface area contributed by atoms with E-state index in [1.807, 2.05) is 0 Å². The van der Waals surface area contributed by atoms with Crippen LogP contribution in [-0.4, -0.2) is 32.5 Å². The lowest BCUT2D eigenvalue weighted by atomic mass is 10.1. The SMILES string of the molecule is O=P(O)(O)Oc1ccc(CNc2cccc3c(S(=O)(=O)O)cccc23)c(OP(=O)(O)O)c1. The predicted molar refractivity (Wildman–Crippen MR) is 113 cm³/mol. The zero-order valence-corrected chi connectivity index (χ0v) is 18.5. The van der Waals surface area contributed by atoms with Gasteiger partial charge in [0.2, 0.25) is 0 Å². The Morgan fingerprint density at radius 2 is 1.47 bits per heavy atom. The minimum absolute atomic E-state index is 0.0826. The van der Waals surface area contributed by atoms with E-state index in [0.29, 0.717) is 11.1 Å². The first-order chi connectivity index (χ1) is 14.7. The summed E-state index contributed by atoms with van der Waals surface area (Å²) in [6.07, 6.45) is 0. The molecule has 15 heteroatoms. The molecule has 0 radical (unpaired) electrons. The zero-order valence-electron chi connectivity index (χ0n) is 15.9. The van der Waals surface area contributed by atoms with E-state index in [4.69, 9.17) is 19.6 Å². The third-order valence-electron chi connectivity index (χ3n) is 4.11. The van der Waals surface area contributed by atoms with E-state index in [2.05, 4.69) is 14.4 Å². The monoisotopic (exact) mass is 505 g/mol. The number of nitrogens with one attached hydrogen (secondary N) is 1. The number of fused-ring (bicyclic) bond motifs is 1. The van der Waals surface area contributed by atoms with Crippen molar-refractivity contribution in [1.82, 2.24) is 0 Å². The van der Waals surface area contributed by atoms with Crippen LogP contribution in [0.15, 0.2) is 59.5 Å². The van der Waals surface area contributed by atoms with Crippen molar-refractivity contribution in [3.05, 3.63) is 60.2 Å². The molecule has 3 aromatic rings. The molecule has 0 aromatic heterocycles. The lowest BCUT2D eigenvalue weighted by Crippen LogP contribution is -2.04. The van der Waals surface area contributed by atoms with Gasteiger partial charge in [-0.05, 0) is 24.3 Å². The topological polar surface area (TPSA) is 200 Å². The Bertz CT molecular complexity index is 1360. The molecule has 0 spiro atoms. The van der Waals surface area contributed by atoms with Crippen LogP contribution in [-0.2, 0) is 25.8 Å². The van der Waals surface area contributed by atoms with Gasteiger partial charge in [-0.3, -0.25) is 24.1 Å². The Labute approximate surface area is 181 Å². The summed E-state index contributed by atoms with van der Waals surface area (Å²) in [6, 6.07) is 12.3. The Balaban J connectivity index is 1.96. The number of benzene rings is 3. The summed E-state index contributed by atoms with van der Waals surface area (Å²) in [5.74, 6) is -0.774. The second-order valence-corrected chi connectivity index (χ2v) is 10.1. The molecule has 0 aliphatic rings. The first-order valence-corrected chi connectivity index (χ1v) is 13.1. The lowest BCUT2D eigenvalue weighted by Gasteiger charge is -2.16. The number of phosphoric acid groups is 2. The molecular formula is C17H17NO11P2S. The predicted octanol–water partition coefficient (Wildman–Crippen LogP) is 2.64. The van der Waals surface area contributed by atoms with E-state index in [-0.39, 0.29) is 28.1 Å². The van der Waals surface area contributed by atoms with Gasteiger partial charge in [0, 0.05) is 34.6 Å². The fourth-order valence-electron chi connectivity index (χ4n) is 2.94. The molecule has 0 unspecified atom stereocenters. The van der Waals surface area contributed by atoms with Gasteiger partial charge < -0.3 is 14.4 Å². The molecular weight excluding hydrogens is 488 g/mol. The highest BCUT2D eigenvalue weighted by Crippen LogP contribution is 2.44. The second kappa shape index (κ2) is 8.81. The maximum Gasteiger partial charge on any atom is 0.524 e. The molecule has 0 bridgehead atoms. The summed E-state index contributed by atoms with van der Waals surface area (Å²) >= 11 is 0. The molecule has 0 fully saturated rings. The Hall–Kier alpha value is -2.47. The summed E-state index contributed by atoms with van der Waals surface area (Å²) in [7, 11) is -14.4.